The maximum Gasteiger partial charge on any atom is 0.417 e. The highest BCUT2D eigenvalue weighted by Gasteiger charge is 2.37. The van der Waals surface area contributed by atoms with Gasteiger partial charge in [-0.25, -0.2) is 0 Å². The van der Waals surface area contributed by atoms with Crippen LogP contribution in [0.5, 0.6) is 0 Å². The molecule has 120 valence electrons. The van der Waals surface area contributed by atoms with E-state index < -0.39 is 35.6 Å². The minimum Gasteiger partial charge on any atom is -0.481 e. The monoisotopic (exact) mass is 316 g/mol. The summed E-state index contributed by atoms with van der Waals surface area (Å²) in [4.78, 5) is 28.3. The molecule has 22 heavy (non-hydrogen) atoms. The van der Waals surface area contributed by atoms with Crippen LogP contribution in [0, 0.1) is 5.92 Å². The molecule has 1 saturated heterocycles. The fourth-order valence-electron chi connectivity index (χ4n) is 2.64. The third-order valence-corrected chi connectivity index (χ3v) is 3.88. The van der Waals surface area contributed by atoms with E-state index in [1.54, 1.807) is 6.92 Å². The van der Waals surface area contributed by atoms with Crippen LogP contribution in [0.2, 0.25) is 0 Å². The van der Waals surface area contributed by atoms with Crippen molar-refractivity contribution < 1.29 is 27.9 Å². The highest BCUT2D eigenvalue weighted by atomic mass is 19.4. The van der Waals surface area contributed by atoms with E-state index in [0.29, 0.717) is 25.6 Å². The van der Waals surface area contributed by atoms with Crippen molar-refractivity contribution in [3.8, 4) is 0 Å². The fraction of sp³-hybridized carbons (Fsp3) is 0.500. The molecule has 1 N–H and O–H groups in total. The molecule has 0 saturated carbocycles. The van der Waals surface area contributed by atoms with Gasteiger partial charge in [-0.3, -0.25) is 14.6 Å². The van der Waals surface area contributed by atoms with Crippen molar-refractivity contribution in [2.24, 2.45) is 5.92 Å². The number of carboxylic acids is 1. The minimum atomic E-state index is -4.58. The molecule has 1 aliphatic rings. The Morgan fingerprint density at radius 1 is 1.36 bits per heavy atom. The molecule has 0 aromatic carbocycles. The number of hydrogen-bond acceptors (Lipinski definition) is 3. The second-order valence-corrected chi connectivity index (χ2v) is 5.29. The van der Waals surface area contributed by atoms with E-state index >= 15 is 0 Å². The summed E-state index contributed by atoms with van der Waals surface area (Å²) in [5.41, 5.74) is -1.19. The van der Waals surface area contributed by atoms with Gasteiger partial charge in [0.1, 0.15) is 0 Å². The zero-order valence-corrected chi connectivity index (χ0v) is 11.8. The van der Waals surface area contributed by atoms with Gasteiger partial charge in [0.15, 0.2) is 0 Å². The van der Waals surface area contributed by atoms with Crippen LogP contribution in [0.4, 0.5) is 13.2 Å². The standard InChI is InChI=1S/C14H15F3N2O3/c1-8-11(13(21)22)3-2-4-19(8)12(20)9-5-10(7-18-6-9)14(15,16)17/h5-8,11H,2-4H2,1H3,(H,21,22)/t8-,11-/m1/s1. The number of halogens is 3. The molecule has 1 aromatic heterocycles. The molecule has 2 atom stereocenters. The van der Waals surface area contributed by atoms with Gasteiger partial charge in [-0.2, -0.15) is 13.2 Å². The second-order valence-electron chi connectivity index (χ2n) is 5.29. The van der Waals surface area contributed by atoms with Crippen molar-refractivity contribution in [1.82, 2.24) is 9.88 Å². The number of piperidine rings is 1. The van der Waals surface area contributed by atoms with Crippen LogP contribution in [0.25, 0.3) is 0 Å². The molecule has 5 nitrogen and oxygen atoms in total. The number of amides is 1. The van der Waals surface area contributed by atoms with Crippen LogP contribution >= 0.6 is 0 Å². The van der Waals surface area contributed by atoms with Crippen LogP contribution < -0.4 is 0 Å². The molecule has 8 heteroatoms. The molecular formula is C14H15F3N2O3. The van der Waals surface area contributed by atoms with Gasteiger partial charge in [-0.15, -0.1) is 0 Å². The number of alkyl halides is 3. The molecule has 0 unspecified atom stereocenters. The molecule has 1 fully saturated rings. The van der Waals surface area contributed by atoms with Gasteiger partial charge in [0.2, 0.25) is 0 Å². The lowest BCUT2D eigenvalue weighted by atomic mass is 9.90. The third-order valence-electron chi connectivity index (χ3n) is 3.88. The van der Waals surface area contributed by atoms with Gasteiger partial charge in [0.25, 0.3) is 5.91 Å². The lowest BCUT2D eigenvalue weighted by molar-refractivity contribution is -0.145. The molecule has 0 bridgehead atoms. The Kier molecular flexibility index (Phi) is 4.39. The van der Waals surface area contributed by atoms with Gasteiger partial charge < -0.3 is 10.0 Å². The molecule has 1 amide bonds. The van der Waals surface area contributed by atoms with Crippen molar-refractivity contribution in [2.45, 2.75) is 32.0 Å². The van der Waals surface area contributed by atoms with Gasteiger partial charge in [0, 0.05) is 25.0 Å². The highest BCUT2D eigenvalue weighted by Crippen LogP contribution is 2.30. The zero-order valence-electron chi connectivity index (χ0n) is 11.8. The lowest BCUT2D eigenvalue weighted by Gasteiger charge is -2.37. The molecule has 0 radical (unpaired) electrons. The quantitative estimate of drug-likeness (QED) is 0.909. The smallest absolute Gasteiger partial charge is 0.417 e. The van der Waals surface area contributed by atoms with E-state index in [-0.39, 0.29) is 5.56 Å². The summed E-state index contributed by atoms with van der Waals surface area (Å²) in [6.45, 7) is 1.91. The first kappa shape index (κ1) is 16.3. The average Bonchev–Trinajstić information content (AvgIpc) is 2.45. The van der Waals surface area contributed by atoms with E-state index in [4.69, 9.17) is 5.11 Å². The number of carboxylic acid groups (broad SMARTS) is 1. The number of carbonyl (C=O) groups is 2. The second kappa shape index (κ2) is 5.94. The molecule has 0 aliphatic carbocycles. The summed E-state index contributed by atoms with van der Waals surface area (Å²) in [7, 11) is 0. The first-order valence-electron chi connectivity index (χ1n) is 6.78. The van der Waals surface area contributed by atoms with Crippen LogP contribution in [-0.2, 0) is 11.0 Å². The van der Waals surface area contributed by atoms with Gasteiger partial charge in [-0.1, -0.05) is 0 Å². The SMILES string of the molecule is C[C@@H]1[C@H](C(=O)O)CCCN1C(=O)c1cncc(C(F)(F)F)c1. The summed E-state index contributed by atoms with van der Waals surface area (Å²) in [5.74, 6) is -2.35. The molecule has 2 rings (SSSR count). The van der Waals surface area contributed by atoms with Crippen molar-refractivity contribution in [3.05, 3.63) is 29.6 Å². The van der Waals surface area contributed by atoms with Crippen molar-refractivity contribution in [2.75, 3.05) is 6.54 Å². The highest BCUT2D eigenvalue weighted by molar-refractivity contribution is 5.94. The molecule has 2 heterocycles. The average molecular weight is 316 g/mol. The third kappa shape index (κ3) is 3.20. The van der Waals surface area contributed by atoms with E-state index in [1.807, 2.05) is 0 Å². The normalized spacial score (nSPS) is 22.5. The Labute approximate surface area is 124 Å². The van der Waals surface area contributed by atoms with Crippen LogP contribution in [-0.4, -0.2) is 39.5 Å². The largest absolute Gasteiger partial charge is 0.481 e. The number of aromatic nitrogens is 1. The predicted octanol–water partition coefficient (Wildman–Crippen LogP) is 2.43. The van der Waals surface area contributed by atoms with E-state index in [9.17, 15) is 22.8 Å². The van der Waals surface area contributed by atoms with Crippen LogP contribution in [0.3, 0.4) is 0 Å². The molecule has 0 spiro atoms. The van der Waals surface area contributed by atoms with Gasteiger partial charge in [0.05, 0.1) is 17.0 Å². The number of pyridine rings is 1. The number of nitrogens with zero attached hydrogens (tertiary/aromatic N) is 2. The summed E-state index contributed by atoms with van der Waals surface area (Å²) in [5, 5.41) is 9.13. The first-order valence-corrected chi connectivity index (χ1v) is 6.78. The summed E-state index contributed by atoms with van der Waals surface area (Å²) in [6, 6.07) is 0.167. The first-order chi connectivity index (χ1) is 10.2. The number of rotatable bonds is 2. The van der Waals surface area contributed by atoms with E-state index in [2.05, 4.69) is 4.98 Å². The number of carbonyl (C=O) groups excluding carboxylic acids is 1. The summed E-state index contributed by atoms with van der Waals surface area (Å²) < 4.78 is 38.0. The van der Waals surface area contributed by atoms with E-state index in [1.165, 1.54) is 4.90 Å². The van der Waals surface area contributed by atoms with Crippen molar-refractivity contribution in [3.63, 3.8) is 0 Å². The van der Waals surface area contributed by atoms with E-state index in [0.717, 1.165) is 12.3 Å². The van der Waals surface area contributed by atoms with Crippen LogP contribution in [0.1, 0.15) is 35.7 Å². The molecule has 1 aliphatic heterocycles. The van der Waals surface area contributed by atoms with Crippen LogP contribution in [0.15, 0.2) is 18.5 Å². The van der Waals surface area contributed by atoms with Gasteiger partial charge in [-0.05, 0) is 25.8 Å². The number of aliphatic carboxylic acids is 1. The maximum absolute atomic E-state index is 12.7. The van der Waals surface area contributed by atoms with Gasteiger partial charge >= 0.3 is 12.1 Å². The molecular weight excluding hydrogens is 301 g/mol. The lowest BCUT2D eigenvalue weighted by Crippen LogP contribution is -2.49. The molecule has 1 aromatic rings. The predicted molar refractivity (Wildman–Crippen MR) is 70.1 cm³/mol. The Balaban J connectivity index is 2.26. The Bertz CT molecular complexity index is 589. The fourth-order valence-corrected chi connectivity index (χ4v) is 2.64. The Hall–Kier alpha value is -2.12. The van der Waals surface area contributed by atoms with Crippen molar-refractivity contribution in [1.29, 1.82) is 0 Å². The van der Waals surface area contributed by atoms with Crippen molar-refractivity contribution >= 4 is 11.9 Å². The topological polar surface area (TPSA) is 70.5 Å². The Morgan fingerprint density at radius 2 is 2.05 bits per heavy atom. The summed E-state index contributed by atoms with van der Waals surface area (Å²) in [6.07, 6.45) is -1.92. The number of hydrogen-bond donors (Lipinski definition) is 1. The maximum atomic E-state index is 12.7. The minimum absolute atomic E-state index is 0.187. The Morgan fingerprint density at radius 3 is 2.64 bits per heavy atom. The number of likely N-dealkylation sites (tertiary alicyclic amines) is 1. The summed E-state index contributed by atoms with van der Waals surface area (Å²) >= 11 is 0. The zero-order chi connectivity index (χ0) is 16.5.